The second kappa shape index (κ2) is 55.1. The summed E-state index contributed by atoms with van der Waals surface area (Å²) in [5.41, 5.74) is 0. The van der Waals surface area contributed by atoms with Crippen LogP contribution in [0.25, 0.3) is 0 Å². The van der Waals surface area contributed by atoms with Gasteiger partial charge >= 0.3 is 17.9 Å². The van der Waals surface area contributed by atoms with Crippen LogP contribution < -0.4 is 0 Å². The second-order valence-electron chi connectivity index (χ2n) is 17.4. The summed E-state index contributed by atoms with van der Waals surface area (Å²) < 4.78 is 16.7. The topological polar surface area (TPSA) is 78.9 Å². The molecule has 0 saturated carbocycles. The van der Waals surface area contributed by atoms with Crippen molar-refractivity contribution in [3.63, 3.8) is 0 Å². The molecule has 0 spiro atoms. The van der Waals surface area contributed by atoms with Crippen LogP contribution in [0.1, 0.15) is 220 Å². The third-order valence-corrected chi connectivity index (χ3v) is 10.9. The van der Waals surface area contributed by atoms with Crippen LogP contribution in [0.5, 0.6) is 0 Å². The molecule has 1 unspecified atom stereocenters. The Balaban J connectivity index is 4.54. The fourth-order valence-electron chi connectivity index (χ4n) is 6.86. The van der Waals surface area contributed by atoms with Crippen molar-refractivity contribution in [1.29, 1.82) is 0 Å². The normalized spacial score (nSPS) is 13.2. The van der Waals surface area contributed by atoms with E-state index in [4.69, 9.17) is 14.2 Å². The van der Waals surface area contributed by atoms with Crippen LogP contribution >= 0.6 is 0 Å². The van der Waals surface area contributed by atoms with E-state index in [1.54, 1.807) is 0 Å². The van der Waals surface area contributed by atoms with Crippen LogP contribution in [0, 0.1) is 0 Å². The Morgan fingerprint density at radius 1 is 0.309 bits per heavy atom. The van der Waals surface area contributed by atoms with Gasteiger partial charge in [-0.25, -0.2) is 0 Å². The van der Waals surface area contributed by atoms with Gasteiger partial charge in [-0.3, -0.25) is 14.4 Å². The average Bonchev–Trinajstić information content (AvgIpc) is 3.34. The largest absolute Gasteiger partial charge is 0.462 e. The van der Waals surface area contributed by atoms with Gasteiger partial charge in [0.15, 0.2) is 6.10 Å². The molecular formula is C62H98O6. The van der Waals surface area contributed by atoms with Gasteiger partial charge in [0.1, 0.15) is 13.2 Å². The predicted molar refractivity (Wildman–Crippen MR) is 292 cm³/mol. The Bertz CT molecular complexity index is 1500. The first kappa shape index (κ1) is 63.5. The molecule has 0 amide bonds. The maximum absolute atomic E-state index is 12.8. The first-order valence-electron chi connectivity index (χ1n) is 27.2. The Morgan fingerprint density at radius 2 is 0.603 bits per heavy atom. The van der Waals surface area contributed by atoms with Gasteiger partial charge in [-0.05, 0) is 122 Å². The molecule has 6 heteroatoms. The number of carbonyl (C=O) groups is 3. The molecule has 0 fully saturated rings. The van der Waals surface area contributed by atoms with Gasteiger partial charge < -0.3 is 14.2 Å². The Kier molecular flexibility index (Phi) is 51.5. The van der Waals surface area contributed by atoms with Gasteiger partial charge in [0, 0.05) is 19.3 Å². The van der Waals surface area contributed by atoms with E-state index in [-0.39, 0.29) is 44.0 Å². The summed E-state index contributed by atoms with van der Waals surface area (Å²) in [7, 11) is 0. The van der Waals surface area contributed by atoms with E-state index >= 15 is 0 Å². The maximum atomic E-state index is 12.8. The molecule has 1 atom stereocenters. The fraction of sp³-hybridized carbons (Fsp3) is 0.597. The third-order valence-electron chi connectivity index (χ3n) is 10.9. The van der Waals surface area contributed by atoms with Crippen molar-refractivity contribution in [2.45, 2.75) is 226 Å². The van der Waals surface area contributed by atoms with Crippen molar-refractivity contribution in [2.75, 3.05) is 13.2 Å². The lowest BCUT2D eigenvalue weighted by atomic mass is 10.1. The lowest BCUT2D eigenvalue weighted by molar-refractivity contribution is -0.166. The highest BCUT2D eigenvalue weighted by atomic mass is 16.6. The highest BCUT2D eigenvalue weighted by Gasteiger charge is 2.19. The summed E-state index contributed by atoms with van der Waals surface area (Å²) in [6, 6.07) is 0. The zero-order valence-electron chi connectivity index (χ0n) is 43.6. The summed E-state index contributed by atoms with van der Waals surface area (Å²) in [4.78, 5) is 38.0. The van der Waals surface area contributed by atoms with E-state index in [0.717, 1.165) is 128 Å². The SMILES string of the molecule is CC/C=C\C/C=C\C/C=C\C/C=C\C/C=C\C/C=C\CCC(=O)OCC(COC(=O)CCCCCCC/C=C\CCCCC)OC(=O)CCCCCCCC/C=C\C/C=C\C/C=C\C/C=C\CC. The van der Waals surface area contributed by atoms with E-state index in [0.29, 0.717) is 12.8 Å². The Morgan fingerprint density at radius 3 is 1.00 bits per heavy atom. The first-order chi connectivity index (χ1) is 33.5. The van der Waals surface area contributed by atoms with Crippen molar-refractivity contribution in [3.8, 4) is 0 Å². The number of hydrogen-bond acceptors (Lipinski definition) is 6. The number of hydrogen-bond donors (Lipinski definition) is 0. The van der Waals surface area contributed by atoms with Gasteiger partial charge in [0.2, 0.25) is 0 Å². The van der Waals surface area contributed by atoms with E-state index in [1.807, 2.05) is 12.2 Å². The molecule has 0 aliphatic carbocycles. The molecule has 0 rings (SSSR count). The summed E-state index contributed by atoms with van der Waals surface area (Å²) in [5, 5.41) is 0. The van der Waals surface area contributed by atoms with Gasteiger partial charge in [0.05, 0.1) is 0 Å². The van der Waals surface area contributed by atoms with E-state index in [1.165, 1.54) is 44.9 Å². The molecule has 382 valence electrons. The summed E-state index contributed by atoms with van der Waals surface area (Å²) in [6.45, 7) is 6.29. The Labute approximate surface area is 417 Å². The monoisotopic (exact) mass is 939 g/mol. The van der Waals surface area contributed by atoms with Crippen molar-refractivity contribution in [3.05, 3.63) is 134 Å². The maximum Gasteiger partial charge on any atom is 0.306 e. The van der Waals surface area contributed by atoms with Gasteiger partial charge in [-0.2, -0.15) is 0 Å². The molecule has 0 aromatic heterocycles. The van der Waals surface area contributed by atoms with Crippen LogP contribution in [0.15, 0.2) is 134 Å². The highest BCUT2D eigenvalue weighted by molar-refractivity contribution is 5.71. The molecule has 0 aromatic carbocycles. The minimum atomic E-state index is -0.824. The molecule has 0 aromatic rings. The smallest absolute Gasteiger partial charge is 0.306 e. The quantitative estimate of drug-likeness (QED) is 0.0262. The van der Waals surface area contributed by atoms with Crippen molar-refractivity contribution in [1.82, 2.24) is 0 Å². The van der Waals surface area contributed by atoms with Crippen LogP contribution in [0.2, 0.25) is 0 Å². The Hall–Kier alpha value is -4.45. The molecule has 0 aliphatic heterocycles. The fourth-order valence-corrected chi connectivity index (χ4v) is 6.86. The lowest BCUT2D eigenvalue weighted by Crippen LogP contribution is -2.30. The highest BCUT2D eigenvalue weighted by Crippen LogP contribution is 2.13. The molecule has 0 radical (unpaired) electrons. The minimum absolute atomic E-state index is 0.116. The van der Waals surface area contributed by atoms with Crippen LogP contribution in [-0.4, -0.2) is 37.2 Å². The summed E-state index contributed by atoms with van der Waals surface area (Å²) in [5.74, 6) is -1.03. The number of carbonyl (C=O) groups excluding carboxylic acids is 3. The van der Waals surface area contributed by atoms with Crippen LogP contribution in [0.3, 0.4) is 0 Å². The molecule has 6 nitrogen and oxygen atoms in total. The van der Waals surface area contributed by atoms with Crippen LogP contribution in [0.4, 0.5) is 0 Å². The molecule has 0 saturated heterocycles. The zero-order chi connectivity index (χ0) is 49.3. The molecule has 0 heterocycles. The molecule has 0 bridgehead atoms. The first-order valence-corrected chi connectivity index (χ1v) is 27.2. The van der Waals surface area contributed by atoms with E-state index < -0.39 is 6.10 Å². The molecule has 0 N–H and O–H groups in total. The molecule has 68 heavy (non-hydrogen) atoms. The predicted octanol–water partition coefficient (Wildman–Crippen LogP) is 18.3. The van der Waals surface area contributed by atoms with E-state index in [9.17, 15) is 14.4 Å². The summed E-state index contributed by atoms with van der Waals surface area (Å²) in [6.07, 6.45) is 77.3. The number of ether oxygens (including phenoxy) is 3. The number of esters is 3. The average molecular weight is 939 g/mol. The standard InChI is InChI=1S/C62H98O6/c1-4-7-10-13-16-19-22-25-27-29-31-33-35-37-40-43-46-49-52-55-61(64)67-58-59(57-66-60(63)54-51-48-45-42-39-24-21-18-15-12-9-6-3)68-62(65)56-53-50-47-44-41-38-36-34-32-30-28-26-23-20-17-14-11-8-5-2/h7-8,10-11,16-21,25-28,31-34,37,40,46,49,59H,4-6,9,12-15,22-24,29-30,35-36,38-39,41-45,47-48,50-58H2,1-3H3/b10-7-,11-8-,19-16-,20-17-,21-18-,27-25-,28-26-,33-31-,34-32-,40-37-,49-46-. The summed E-state index contributed by atoms with van der Waals surface area (Å²) >= 11 is 0. The van der Waals surface area contributed by atoms with Gasteiger partial charge in [-0.1, -0.05) is 212 Å². The van der Waals surface area contributed by atoms with Crippen LogP contribution in [-0.2, 0) is 28.6 Å². The number of unbranched alkanes of at least 4 members (excludes halogenated alkanes) is 14. The number of rotatable bonds is 47. The molecular weight excluding hydrogens is 841 g/mol. The number of allylic oxidation sites excluding steroid dienone is 22. The minimum Gasteiger partial charge on any atom is -0.462 e. The second-order valence-corrected chi connectivity index (χ2v) is 17.4. The molecule has 0 aliphatic rings. The van der Waals surface area contributed by atoms with Gasteiger partial charge in [-0.15, -0.1) is 0 Å². The van der Waals surface area contributed by atoms with E-state index in [2.05, 4.69) is 142 Å². The zero-order valence-corrected chi connectivity index (χ0v) is 43.6. The van der Waals surface area contributed by atoms with Crippen molar-refractivity contribution >= 4 is 17.9 Å². The lowest BCUT2D eigenvalue weighted by Gasteiger charge is -2.18. The van der Waals surface area contributed by atoms with Gasteiger partial charge in [0.25, 0.3) is 0 Å². The van der Waals surface area contributed by atoms with Crippen molar-refractivity contribution in [2.24, 2.45) is 0 Å². The van der Waals surface area contributed by atoms with Crippen molar-refractivity contribution < 1.29 is 28.6 Å². The third kappa shape index (κ3) is 52.5.